The van der Waals surface area contributed by atoms with Gasteiger partial charge in [-0.05, 0) is 68.4 Å². The number of hydrogen-bond acceptors (Lipinski definition) is 4. The number of nitrogens with zero attached hydrogens (tertiary/aromatic N) is 3. The molecule has 4 heterocycles. The topological polar surface area (TPSA) is 89.5 Å². The van der Waals surface area contributed by atoms with E-state index >= 15 is 0 Å². The average molecular weight is 419 g/mol. The van der Waals surface area contributed by atoms with Crippen molar-refractivity contribution >= 4 is 12.4 Å². The van der Waals surface area contributed by atoms with E-state index in [9.17, 15) is 4.79 Å². The van der Waals surface area contributed by atoms with E-state index in [1.807, 2.05) is 12.4 Å². The van der Waals surface area contributed by atoms with E-state index < -0.39 is 0 Å². The fraction of sp³-hybridized carbons (Fsp3) is 0.783. The van der Waals surface area contributed by atoms with Crippen LogP contribution < -0.4 is 0 Å². The van der Waals surface area contributed by atoms with Crippen LogP contribution in [0.4, 0.5) is 0 Å². The van der Waals surface area contributed by atoms with Crippen LogP contribution in [0, 0.1) is 17.8 Å². The Morgan fingerprint density at radius 1 is 1.33 bits per heavy atom. The third kappa shape index (κ3) is 5.62. The Hall–Kier alpha value is -1.89. The lowest BCUT2D eigenvalue weighted by molar-refractivity contribution is -0.141. The van der Waals surface area contributed by atoms with Crippen LogP contribution in [0.2, 0.25) is 0 Å². The van der Waals surface area contributed by atoms with Crippen LogP contribution in [0.1, 0.15) is 64.4 Å². The number of aromatic nitrogens is 2. The first-order valence-corrected chi connectivity index (χ1v) is 11.6. The molecule has 0 radical (unpaired) electrons. The molecule has 0 aliphatic carbocycles. The zero-order valence-electron chi connectivity index (χ0n) is 18.5. The van der Waals surface area contributed by atoms with E-state index in [0.717, 1.165) is 37.0 Å². The van der Waals surface area contributed by atoms with Gasteiger partial charge in [0, 0.05) is 37.8 Å². The highest BCUT2D eigenvalue weighted by molar-refractivity contribution is 5.76. The molecule has 168 valence electrons. The third-order valence-corrected chi connectivity index (χ3v) is 7.20. The number of hydrogen-bond donors (Lipinski definition) is 2. The molecule has 7 heteroatoms. The van der Waals surface area contributed by atoms with Gasteiger partial charge in [-0.2, -0.15) is 5.10 Å². The molecule has 4 atom stereocenters. The van der Waals surface area contributed by atoms with Gasteiger partial charge in [0.2, 0.25) is 5.91 Å². The van der Waals surface area contributed by atoms with Crippen molar-refractivity contribution in [2.75, 3.05) is 19.6 Å². The Labute approximate surface area is 180 Å². The molecule has 0 unspecified atom stereocenters. The molecular weight excluding hydrogens is 380 g/mol. The Kier molecular flexibility index (Phi) is 8.31. The summed E-state index contributed by atoms with van der Waals surface area (Å²) < 4.78 is 0. The van der Waals surface area contributed by atoms with Gasteiger partial charge < -0.3 is 10.0 Å². The molecule has 0 spiro atoms. The highest BCUT2D eigenvalue weighted by Crippen LogP contribution is 2.42. The van der Waals surface area contributed by atoms with Gasteiger partial charge in [0.15, 0.2) is 0 Å². The number of carbonyl (C=O) groups excluding carboxylic acids is 1. The Balaban J connectivity index is 0.000000806. The minimum absolute atomic E-state index is 0.250. The molecule has 1 aromatic heterocycles. The number of carboxylic acid groups (broad SMARTS) is 1. The summed E-state index contributed by atoms with van der Waals surface area (Å²) in [5.41, 5.74) is 1.13. The number of aromatic amines is 1. The lowest BCUT2D eigenvalue weighted by Crippen LogP contribution is -2.64. The molecule has 0 saturated carbocycles. The van der Waals surface area contributed by atoms with E-state index in [2.05, 4.69) is 33.8 Å². The number of fused-ring (bicyclic) bond motifs is 4. The molecule has 2 N–H and O–H groups in total. The highest BCUT2D eigenvalue weighted by atomic mass is 16.3. The number of H-pyrrole nitrogens is 1. The van der Waals surface area contributed by atoms with Gasteiger partial charge in [-0.3, -0.25) is 19.6 Å². The summed E-state index contributed by atoms with van der Waals surface area (Å²) in [6.45, 7) is 7.68. The molecule has 3 aliphatic rings. The number of aryl methyl sites for hydroxylation is 1. The van der Waals surface area contributed by atoms with E-state index in [0.29, 0.717) is 30.2 Å². The second-order valence-corrected chi connectivity index (χ2v) is 9.61. The maximum absolute atomic E-state index is 12.9. The largest absolute Gasteiger partial charge is 0.483 e. The molecule has 4 rings (SSSR count). The fourth-order valence-electron chi connectivity index (χ4n) is 5.84. The van der Waals surface area contributed by atoms with Gasteiger partial charge in [-0.1, -0.05) is 20.3 Å². The van der Waals surface area contributed by atoms with Crippen LogP contribution in [0.25, 0.3) is 0 Å². The van der Waals surface area contributed by atoms with E-state index in [-0.39, 0.29) is 6.47 Å². The van der Waals surface area contributed by atoms with Gasteiger partial charge in [-0.25, -0.2) is 0 Å². The Bertz CT molecular complexity index is 663. The lowest BCUT2D eigenvalue weighted by atomic mass is 9.71. The number of carbonyl (C=O) groups is 2. The van der Waals surface area contributed by atoms with Crippen molar-refractivity contribution in [3.05, 3.63) is 18.0 Å². The summed E-state index contributed by atoms with van der Waals surface area (Å²) in [5.74, 6) is 2.48. The van der Waals surface area contributed by atoms with Crippen molar-refractivity contribution < 1.29 is 14.7 Å². The van der Waals surface area contributed by atoms with Gasteiger partial charge in [0.25, 0.3) is 6.47 Å². The molecule has 3 aliphatic heterocycles. The number of nitrogens with one attached hydrogen (secondary N) is 1. The van der Waals surface area contributed by atoms with E-state index in [4.69, 9.17) is 9.90 Å². The molecule has 3 saturated heterocycles. The number of piperidine rings is 3. The molecule has 2 bridgehead atoms. The zero-order chi connectivity index (χ0) is 21.5. The highest BCUT2D eigenvalue weighted by Gasteiger charge is 2.47. The maximum atomic E-state index is 12.9. The summed E-state index contributed by atoms with van der Waals surface area (Å²) in [6, 6.07) is 1.41. The normalized spacial score (nSPS) is 28.4. The predicted molar refractivity (Wildman–Crippen MR) is 116 cm³/mol. The predicted octanol–water partition coefficient (Wildman–Crippen LogP) is 3.18. The molecule has 0 aromatic carbocycles. The summed E-state index contributed by atoms with van der Waals surface area (Å²) >= 11 is 0. The molecule has 7 nitrogen and oxygen atoms in total. The third-order valence-electron chi connectivity index (χ3n) is 7.20. The summed E-state index contributed by atoms with van der Waals surface area (Å²) in [4.78, 5) is 26.4. The lowest BCUT2D eigenvalue weighted by Gasteiger charge is -2.57. The number of rotatable bonds is 6. The first kappa shape index (κ1) is 22.8. The second kappa shape index (κ2) is 10.9. The molecular formula is C23H38N4O3. The van der Waals surface area contributed by atoms with Crippen LogP contribution in [-0.2, 0) is 16.0 Å². The van der Waals surface area contributed by atoms with Gasteiger partial charge in [0.05, 0.1) is 6.20 Å². The number of likely N-dealkylation sites (tertiary alicyclic amines) is 1. The summed E-state index contributed by atoms with van der Waals surface area (Å²) in [6.07, 6.45) is 13.2. The Morgan fingerprint density at radius 3 is 2.80 bits per heavy atom. The molecule has 1 aromatic rings. The first-order chi connectivity index (χ1) is 14.5. The summed E-state index contributed by atoms with van der Waals surface area (Å²) in [5, 5.41) is 13.7. The van der Waals surface area contributed by atoms with Crippen LogP contribution in [-0.4, -0.2) is 69.2 Å². The fourth-order valence-corrected chi connectivity index (χ4v) is 5.84. The van der Waals surface area contributed by atoms with Gasteiger partial charge >= 0.3 is 0 Å². The zero-order valence-corrected chi connectivity index (χ0v) is 18.5. The smallest absolute Gasteiger partial charge is 0.290 e. The van der Waals surface area contributed by atoms with Crippen LogP contribution in [0.5, 0.6) is 0 Å². The minimum Gasteiger partial charge on any atom is -0.483 e. The van der Waals surface area contributed by atoms with Crippen molar-refractivity contribution in [3.63, 3.8) is 0 Å². The van der Waals surface area contributed by atoms with Gasteiger partial charge in [-0.15, -0.1) is 0 Å². The summed E-state index contributed by atoms with van der Waals surface area (Å²) in [7, 11) is 0. The van der Waals surface area contributed by atoms with Crippen LogP contribution >= 0.6 is 0 Å². The van der Waals surface area contributed by atoms with E-state index in [1.165, 1.54) is 45.1 Å². The second-order valence-electron chi connectivity index (χ2n) is 9.61. The quantitative estimate of drug-likeness (QED) is 0.693. The minimum atomic E-state index is -0.250. The van der Waals surface area contributed by atoms with Crippen molar-refractivity contribution in [1.82, 2.24) is 20.0 Å². The van der Waals surface area contributed by atoms with Crippen molar-refractivity contribution in [3.8, 4) is 0 Å². The van der Waals surface area contributed by atoms with Crippen molar-refractivity contribution in [2.24, 2.45) is 17.8 Å². The SMILES string of the molecule is CC(C)CC[C@H]1[C@H]2C[C@H](CN(C(=O)CCc3cn[nH]c3)C2)[C@@H]2CCCCN21.O=CO. The number of amides is 1. The molecule has 30 heavy (non-hydrogen) atoms. The van der Waals surface area contributed by atoms with Crippen LogP contribution in [0.3, 0.4) is 0 Å². The standard InChI is InChI=1S/C22H36N4O.CH2O2/c1-16(2)6-8-21-19-11-18(20-5-3-4-10-26(20)21)14-25(15-19)22(27)9-7-17-12-23-24-13-17;2-1-3/h12-13,16,18-21H,3-11,14-15H2,1-2H3,(H,23,24);1H,(H,2,3)/t18-,19+,20+,21+;/m1./s1. The first-order valence-electron chi connectivity index (χ1n) is 11.6. The molecule has 3 fully saturated rings. The molecule has 1 amide bonds. The maximum Gasteiger partial charge on any atom is 0.290 e. The average Bonchev–Trinajstić information content (AvgIpc) is 3.26. The monoisotopic (exact) mass is 418 g/mol. The Morgan fingerprint density at radius 2 is 2.10 bits per heavy atom. The van der Waals surface area contributed by atoms with Crippen LogP contribution in [0.15, 0.2) is 12.4 Å². The van der Waals surface area contributed by atoms with E-state index in [1.54, 1.807) is 0 Å². The van der Waals surface area contributed by atoms with Gasteiger partial charge in [0.1, 0.15) is 0 Å². The van der Waals surface area contributed by atoms with Crippen molar-refractivity contribution in [2.45, 2.75) is 77.3 Å². The van der Waals surface area contributed by atoms with Crippen molar-refractivity contribution in [1.29, 1.82) is 0 Å².